The van der Waals surface area contributed by atoms with Crippen LogP contribution in [0.1, 0.15) is 36.2 Å². The zero-order valence-electron chi connectivity index (χ0n) is 12.3. The molecule has 0 amide bonds. The van der Waals surface area contributed by atoms with Gasteiger partial charge in [0.15, 0.2) is 0 Å². The molecule has 1 aliphatic heterocycles. The fourth-order valence-corrected chi connectivity index (χ4v) is 3.90. The monoisotopic (exact) mass is 320 g/mol. The highest BCUT2D eigenvalue weighted by atomic mass is 35.5. The Morgan fingerprint density at radius 1 is 1.24 bits per heavy atom. The second-order valence-corrected chi connectivity index (χ2v) is 7.44. The Morgan fingerprint density at radius 2 is 2.05 bits per heavy atom. The summed E-state index contributed by atoms with van der Waals surface area (Å²) in [6.45, 7) is 5.72. The molecular weight excluding hydrogens is 300 g/mol. The van der Waals surface area contributed by atoms with Crippen LogP contribution in [0.4, 0.5) is 5.69 Å². The lowest BCUT2D eigenvalue weighted by Crippen LogP contribution is -2.18. The zero-order valence-corrected chi connectivity index (χ0v) is 13.9. The van der Waals surface area contributed by atoms with Gasteiger partial charge in [0.1, 0.15) is 0 Å². The number of hydrogen-bond donors (Lipinski definition) is 1. The van der Waals surface area contributed by atoms with E-state index in [1.165, 1.54) is 42.1 Å². The van der Waals surface area contributed by atoms with Crippen molar-refractivity contribution >= 4 is 28.6 Å². The Hall–Kier alpha value is -1.03. The van der Waals surface area contributed by atoms with Crippen molar-refractivity contribution in [3.8, 4) is 0 Å². The Labute approximate surface area is 135 Å². The summed E-state index contributed by atoms with van der Waals surface area (Å²) in [7, 11) is 0. The van der Waals surface area contributed by atoms with Gasteiger partial charge in [0, 0.05) is 17.1 Å². The van der Waals surface area contributed by atoms with E-state index in [4.69, 9.17) is 11.6 Å². The van der Waals surface area contributed by atoms with Gasteiger partial charge in [-0.1, -0.05) is 23.7 Å². The summed E-state index contributed by atoms with van der Waals surface area (Å²) >= 11 is 7.65. The van der Waals surface area contributed by atoms with Crippen LogP contribution in [-0.4, -0.2) is 18.0 Å². The topological polar surface area (TPSA) is 15.3 Å². The summed E-state index contributed by atoms with van der Waals surface area (Å²) in [6, 6.07) is 13.1. The predicted molar refractivity (Wildman–Crippen MR) is 92.3 cm³/mol. The van der Waals surface area contributed by atoms with Crippen molar-refractivity contribution in [2.45, 2.75) is 32.4 Å². The first-order chi connectivity index (χ1) is 10.2. The van der Waals surface area contributed by atoms with Crippen LogP contribution < -0.4 is 5.32 Å². The van der Waals surface area contributed by atoms with Crippen molar-refractivity contribution in [3.63, 3.8) is 0 Å². The van der Waals surface area contributed by atoms with E-state index in [9.17, 15) is 0 Å². The molecule has 1 N–H and O–H groups in total. The molecule has 1 saturated heterocycles. The van der Waals surface area contributed by atoms with Crippen molar-refractivity contribution in [2.75, 3.05) is 18.4 Å². The molecule has 4 heteroatoms. The summed E-state index contributed by atoms with van der Waals surface area (Å²) in [5.41, 5.74) is 2.57. The van der Waals surface area contributed by atoms with Crippen LogP contribution in [0.2, 0.25) is 4.34 Å². The van der Waals surface area contributed by atoms with Crippen LogP contribution in [0, 0.1) is 0 Å². The van der Waals surface area contributed by atoms with E-state index >= 15 is 0 Å². The van der Waals surface area contributed by atoms with E-state index in [1.807, 2.05) is 6.07 Å². The van der Waals surface area contributed by atoms with Gasteiger partial charge in [-0.2, -0.15) is 0 Å². The number of thiophene rings is 1. The first kappa shape index (κ1) is 14.9. The molecule has 112 valence electrons. The molecule has 2 heterocycles. The summed E-state index contributed by atoms with van der Waals surface area (Å²) in [6.07, 6.45) is 2.68. The molecule has 0 spiro atoms. The van der Waals surface area contributed by atoms with Crippen molar-refractivity contribution in [1.82, 2.24) is 4.90 Å². The number of nitrogens with zero attached hydrogens (tertiary/aromatic N) is 1. The van der Waals surface area contributed by atoms with E-state index in [-0.39, 0.29) is 6.04 Å². The van der Waals surface area contributed by atoms with Gasteiger partial charge in [0.05, 0.1) is 10.4 Å². The second-order valence-electron chi connectivity index (χ2n) is 5.69. The smallest absolute Gasteiger partial charge is 0.0932 e. The molecule has 1 fully saturated rings. The van der Waals surface area contributed by atoms with E-state index in [2.05, 4.69) is 47.5 Å². The van der Waals surface area contributed by atoms with E-state index in [0.717, 1.165) is 10.9 Å². The van der Waals surface area contributed by atoms with Gasteiger partial charge in [-0.05, 0) is 62.7 Å². The molecular formula is C17H21ClN2S. The van der Waals surface area contributed by atoms with Gasteiger partial charge >= 0.3 is 0 Å². The normalized spacial score (nSPS) is 17.0. The second kappa shape index (κ2) is 6.82. The average molecular weight is 321 g/mol. The third-order valence-electron chi connectivity index (χ3n) is 3.94. The summed E-state index contributed by atoms with van der Waals surface area (Å²) in [4.78, 5) is 3.80. The Bertz CT molecular complexity index is 590. The molecule has 1 aliphatic rings. The largest absolute Gasteiger partial charge is 0.378 e. The summed E-state index contributed by atoms with van der Waals surface area (Å²) < 4.78 is 0.849. The molecule has 0 saturated carbocycles. The first-order valence-corrected chi connectivity index (χ1v) is 8.73. The van der Waals surface area contributed by atoms with E-state index in [0.29, 0.717) is 0 Å². The van der Waals surface area contributed by atoms with Crippen molar-refractivity contribution in [3.05, 3.63) is 51.2 Å². The number of halogens is 1. The quantitative estimate of drug-likeness (QED) is 0.817. The van der Waals surface area contributed by atoms with Gasteiger partial charge in [-0.15, -0.1) is 11.3 Å². The molecule has 1 aromatic carbocycles. The maximum atomic E-state index is 6.01. The van der Waals surface area contributed by atoms with Crippen molar-refractivity contribution in [1.29, 1.82) is 0 Å². The number of rotatable bonds is 5. The molecule has 0 aliphatic carbocycles. The third kappa shape index (κ3) is 4.00. The van der Waals surface area contributed by atoms with Crippen LogP contribution in [0.5, 0.6) is 0 Å². The minimum atomic E-state index is 0.282. The highest BCUT2D eigenvalue weighted by molar-refractivity contribution is 7.16. The van der Waals surface area contributed by atoms with Crippen LogP contribution in [0.25, 0.3) is 0 Å². The zero-order chi connectivity index (χ0) is 14.7. The lowest BCUT2D eigenvalue weighted by Gasteiger charge is -2.17. The summed E-state index contributed by atoms with van der Waals surface area (Å²) in [5, 5.41) is 3.57. The average Bonchev–Trinajstić information content (AvgIpc) is 3.11. The number of anilines is 1. The maximum absolute atomic E-state index is 6.01. The minimum absolute atomic E-state index is 0.282. The minimum Gasteiger partial charge on any atom is -0.378 e. The highest BCUT2D eigenvalue weighted by Crippen LogP contribution is 2.29. The van der Waals surface area contributed by atoms with Crippen LogP contribution in [-0.2, 0) is 6.54 Å². The standard InChI is InChI=1S/C17H21ClN2S/c1-13(16-7-8-17(18)21-16)19-15-6-4-5-14(11-15)12-20-9-2-3-10-20/h4-8,11,13,19H,2-3,9-10,12H2,1H3. The molecule has 1 unspecified atom stereocenters. The molecule has 1 aromatic heterocycles. The SMILES string of the molecule is CC(Nc1cccc(CN2CCCC2)c1)c1ccc(Cl)s1. The molecule has 0 radical (unpaired) electrons. The fourth-order valence-electron chi connectivity index (χ4n) is 2.84. The van der Waals surface area contributed by atoms with E-state index in [1.54, 1.807) is 11.3 Å². The Kier molecular flexibility index (Phi) is 4.84. The number of hydrogen-bond acceptors (Lipinski definition) is 3. The number of benzene rings is 1. The fraction of sp³-hybridized carbons (Fsp3) is 0.412. The van der Waals surface area contributed by atoms with Gasteiger partial charge in [-0.3, -0.25) is 4.90 Å². The Balaban J connectivity index is 1.65. The van der Waals surface area contributed by atoms with Crippen LogP contribution in [0.3, 0.4) is 0 Å². The van der Waals surface area contributed by atoms with Gasteiger partial charge in [0.2, 0.25) is 0 Å². The van der Waals surface area contributed by atoms with Gasteiger partial charge in [-0.25, -0.2) is 0 Å². The van der Waals surface area contributed by atoms with Crippen molar-refractivity contribution < 1.29 is 0 Å². The lowest BCUT2D eigenvalue weighted by atomic mass is 10.1. The molecule has 1 atom stereocenters. The number of nitrogens with one attached hydrogen (secondary N) is 1. The third-order valence-corrected chi connectivity index (χ3v) is 5.35. The maximum Gasteiger partial charge on any atom is 0.0932 e. The van der Waals surface area contributed by atoms with Gasteiger partial charge in [0.25, 0.3) is 0 Å². The van der Waals surface area contributed by atoms with Crippen LogP contribution >= 0.6 is 22.9 Å². The Morgan fingerprint density at radius 3 is 2.76 bits per heavy atom. The van der Waals surface area contributed by atoms with E-state index < -0.39 is 0 Å². The van der Waals surface area contributed by atoms with Crippen LogP contribution in [0.15, 0.2) is 36.4 Å². The van der Waals surface area contributed by atoms with Crippen molar-refractivity contribution in [2.24, 2.45) is 0 Å². The summed E-state index contributed by atoms with van der Waals surface area (Å²) in [5.74, 6) is 0. The predicted octanol–water partition coefficient (Wildman–Crippen LogP) is 5.17. The number of likely N-dealkylation sites (tertiary alicyclic amines) is 1. The molecule has 21 heavy (non-hydrogen) atoms. The lowest BCUT2D eigenvalue weighted by molar-refractivity contribution is 0.331. The molecule has 0 bridgehead atoms. The first-order valence-electron chi connectivity index (χ1n) is 7.54. The molecule has 3 rings (SSSR count). The molecule has 2 aromatic rings. The molecule has 2 nitrogen and oxygen atoms in total. The van der Waals surface area contributed by atoms with Gasteiger partial charge < -0.3 is 5.32 Å². The highest BCUT2D eigenvalue weighted by Gasteiger charge is 2.12.